The van der Waals surface area contributed by atoms with Crippen molar-refractivity contribution in [3.63, 3.8) is 0 Å². The van der Waals surface area contributed by atoms with Gasteiger partial charge in [-0.3, -0.25) is 0 Å². The molecule has 2 rings (SSSR count). The molecule has 5 nitrogen and oxygen atoms in total. The lowest BCUT2D eigenvalue weighted by Crippen LogP contribution is -2.21. The van der Waals surface area contributed by atoms with Crippen LogP contribution in [0.2, 0.25) is 0 Å². The van der Waals surface area contributed by atoms with Gasteiger partial charge in [0.05, 0.1) is 0 Å². The van der Waals surface area contributed by atoms with Crippen molar-refractivity contribution in [3.05, 3.63) is 11.7 Å². The van der Waals surface area contributed by atoms with E-state index in [-0.39, 0.29) is 12.1 Å². The number of rotatable bonds is 6. The summed E-state index contributed by atoms with van der Waals surface area (Å²) in [5.74, 6) is 1.85. The van der Waals surface area contributed by atoms with Gasteiger partial charge in [0.25, 0.3) is 0 Å². The summed E-state index contributed by atoms with van der Waals surface area (Å²) in [5, 5.41) is 3.97. The van der Waals surface area contributed by atoms with Gasteiger partial charge in [-0.25, -0.2) is 0 Å². The minimum absolute atomic E-state index is 0.00430. The van der Waals surface area contributed by atoms with Crippen molar-refractivity contribution < 1.29 is 9.26 Å². The Kier molecular flexibility index (Phi) is 3.56. The lowest BCUT2D eigenvalue weighted by molar-refractivity contribution is 0.0751. The maximum Gasteiger partial charge on any atom is 0.228 e. The molecule has 1 saturated carbocycles. The van der Waals surface area contributed by atoms with Gasteiger partial charge in [0, 0.05) is 19.6 Å². The molecule has 1 aromatic rings. The van der Waals surface area contributed by atoms with Crippen molar-refractivity contribution in [2.24, 2.45) is 11.7 Å². The summed E-state index contributed by atoms with van der Waals surface area (Å²) in [6, 6.07) is 0.0928. The van der Waals surface area contributed by atoms with Crippen molar-refractivity contribution in [1.29, 1.82) is 0 Å². The van der Waals surface area contributed by atoms with Crippen molar-refractivity contribution in [1.82, 2.24) is 10.1 Å². The Bertz CT molecular complexity index is 336. The number of hydrogen-bond donors (Lipinski definition) is 1. The molecule has 16 heavy (non-hydrogen) atoms. The van der Waals surface area contributed by atoms with E-state index in [9.17, 15) is 0 Å². The fourth-order valence-corrected chi connectivity index (χ4v) is 1.74. The second-order valence-electron chi connectivity index (χ2n) is 4.41. The van der Waals surface area contributed by atoms with Crippen LogP contribution in [0.3, 0.4) is 0 Å². The van der Waals surface area contributed by atoms with Gasteiger partial charge in [-0.2, -0.15) is 4.98 Å². The van der Waals surface area contributed by atoms with Gasteiger partial charge in [0.15, 0.2) is 0 Å². The van der Waals surface area contributed by atoms with Crippen LogP contribution in [0.5, 0.6) is 0 Å². The molecule has 1 heterocycles. The predicted octanol–water partition coefficient (Wildman–Crippen LogP) is 1.45. The number of nitrogens with zero attached hydrogens (tertiary/aromatic N) is 2. The molecule has 0 aromatic carbocycles. The van der Waals surface area contributed by atoms with E-state index >= 15 is 0 Å². The molecule has 1 aliphatic rings. The van der Waals surface area contributed by atoms with Gasteiger partial charge in [-0.15, -0.1) is 0 Å². The highest BCUT2D eigenvalue weighted by Gasteiger charge is 2.35. The first-order valence-electron chi connectivity index (χ1n) is 5.85. The van der Waals surface area contributed by atoms with Gasteiger partial charge < -0.3 is 15.0 Å². The third-order valence-corrected chi connectivity index (χ3v) is 3.00. The molecule has 90 valence electrons. The maximum absolute atomic E-state index is 5.84. The minimum Gasteiger partial charge on any atom is -0.373 e. The van der Waals surface area contributed by atoms with E-state index in [1.54, 1.807) is 7.11 Å². The maximum atomic E-state index is 5.84. The first-order valence-corrected chi connectivity index (χ1v) is 5.85. The van der Waals surface area contributed by atoms with Crippen LogP contribution in [-0.4, -0.2) is 23.3 Å². The average Bonchev–Trinajstić information content (AvgIpc) is 3.01. The van der Waals surface area contributed by atoms with Gasteiger partial charge >= 0.3 is 0 Å². The van der Waals surface area contributed by atoms with Crippen LogP contribution < -0.4 is 5.73 Å². The number of hydrogen-bond acceptors (Lipinski definition) is 5. The SMILES string of the molecule is CCC(N)Cc1nc(C(OC)C2CC2)no1. The third kappa shape index (κ3) is 2.59. The summed E-state index contributed by atoms with van der Waals surface area (Å²) in [7, 11) is 1.69. The van der Waals surface area contributed by atoms with E-state index in [1.807, 2.05) is 6.92 Å². The van der Waals surface area contributed by atoms with E-state index in [0.717, 1.165) is 6.42 Å². The molecule has 0 saturated heterocycles. The van der Waals surface area contributed by atoms with E-state index in [4.69, 9.17) is 15.0 Å². The monoisotopic (exact) mass is 225 g/mol. The second-order valence-corrected chi connectivity index (χ2v) is 4.41. The molecular weight excluding hydrogens is 206 g/mol. The molecular formula is C11H19N3O2. The van der Waals surface area contributed by atoms with Crippen LogP contribution >= 0.6 is 0 Å². The Morgan fingerprint density at radius 1 is 1.56 bits per heavy atom. The summed E-state index contributed by atoms with van der Waals surface area (Å²) in [6.07, 6.45) is 3.93. The number of ether oxygens (including phenoxy) is 1. The standard InChI is InChI=1S/C11H19N3O2/c1-3-8(12)6-9-13-11(14-16-9)10(15-2)7-4-5-7/h7-8,10H,3-6,12H2,1-2H3. The Morgan fingerprint density at radius 2 is 2.31 bits per heavy atom. The Morgan fingerprint density at radius 3 is 2.88 bits per heavy atom. The summed E-state index contributed by atoms with van der Waals surface area (Å²) >= 11 is 0. The van der Waals surface area contributed by atoms with Crippen molar-refractivity contribution in [3.8, 4) is 0 Å². The van der Waals surface area contributed by atoms with Crippen molar-refractivity contribution >= 4 is 0 Å². The summed E-state index contributed by atoms with van der Waals surface area (Å²) in [6.45, 7) is 2.05. The number of nitrogens with two attached hydrogens (primary N) is 1. The smallest absolute Gasteiger partial charge is 0.228 e. The molecule has 2 N–H and O–H groups in total. The summed E-state index contributed by atoms with van der Waals surface area (Å²) in [4.78, 5) is 4.35. The van der Waals surface area contributed by atoms with Crippen molar-refractivity contribution in [2.45, 2.75) is 44.8 Å². The minimum atomic E-state index is -0.00430. The lowest BCUT2D eigenvalue weighted by Gasteiger charge is -2.08. The van der Waals surface area contributed by atoms with Gasteiger partial charge in [-0.05, 0) is 25.2 Å². The molecule has 2 atom stereocenters. The number of aromatic nitrogens is 2. The van der Waals surface area contributed by atoms with Crippen LogP contribution in [0.25, 0.3) is 0 Å². The topological polar surface area (TPSA) is 74.2 Å². The molecule has 2 unspecified atom stereocenters. The molecule has 5 heteroatoms. The molecule has 1 fully saturated rings. The highest BCUT2D eigenvalue weighted by molar-refractivity contribution is 4.98. The zero-order valence-corrected chi connectivity index (χ0v) is 9.85. The molecule has 1 aliphatic carbocycles. The lowest BCUT2D eigenvalue weighted by atomic mass is 10.2. The van der Waals surface area contributed by atoms with Gasteiger partial charge in [0.2, 0.25) is 11.7 Å². The molecule has 0 amide bonds. The zero-order chi connectivity index (χ0) is 11.5. The highest BCUT2D eigenvalue weighted by Crippen LogP contribution is 2.41. The molecule has 0 radical (unpaired) electrons. The van der Waals surface area contributed by atoms with Crippen LogP contribution in [0.15, 0.2) is 4.52 Å². The first-order chi connectivity index (χ1) is 7.74. The average molecular weight is 225 g/mol. The fourth-order valence-electron chi connectivity index (χ4n) is 1.74. The van der Waals surface area contributed by atoms with Gasteiger partial charge in [-0.1, -0.05) is 12.1 Å². The van der Waals surface area contributed by atoms with E-state index in [2.05, 4.69) is 10.1 Å². The fraction of sp³-hybridized carbons (Fsp3) is 0.818. The summed E-state index contributed by atoms with van der Waals surface area (Å²) in [5.41, 5.74) is 5.84. The van der Waals surface area contributed by atoms with E-state index in [1.165, 1.54) is 12.8 Å². The molecule has 0 aliphatic heterocycles. The zero-order valence-electron chi connectivity index (χ0n) is 9.85. The van der Waals surface area contributed by atoms with E-state index < -0.39 is 0 Å². The highest BCUT2D eigenvalue weighted by atomic mass is 16.5. The predicted molar refractivity (Wildman–Crippen MR) is 58.7 cm³/mol. The number of methoxy groups -OCH3 is 1. The van der Waals surface area contributed by atoms with Crippen LogP contribution in [0.4, 0.5) is 0 Å². The van der Waals surface area contributed by atoms with Crippen LogP contribution in [0, 0.1) is 5.92 Å². The third-order valence-electron chi connectivity index (χ3n) is 3.00. The largest absolute Gasteiger partial charge is 0.373 e. The van der Waals surface area contributed by atoms with Crippen LogP contribution in [-0.2, 0) is 11.2 Å². The Hall–Kier alpha value is -0.940. The van der Waals surface area contributed by atoms with Crippen molar-refractivity contribution in [2.75, 3.05) is 7.11 Å². The van der Waals surface area contributed by atoms with Gasteiger partial charge in [0.1, 0.15) is 6.10 Å². The summed E-state index contributed by atoms with van der Waals surface area (Å²) < 4.78 is 10.6. The molecule has 0 bridgehead atoms. The molecule has 0 spiro atoms. The molecule has 1 aromatic heterocycles. The Balaban J connectivity index is 2.00. The second kappa shape index (κ2) is 4.93. The van der Waals surface area contributed by atoms with Crippen LogP contribution in [0.1, 0.15) is 44.0 Å². The first kappa shape index (κ1) is 11.5. The van der Waals surface area contributed by atoms with E-state index in [0.29, 0.717) is 24.1 Å². The normalized spacial score (nSPS) is 19.7. The quantitative estimate of drug-likeness (QED) is 0.793. The Labute approximate surface area is 95.3 Å².